The van der Waals surface area contributed by atoms with Gasteiger partial charge in [0.2, 0.25) is 5.91 Å². The van der Waals surface area contributed by atoms with Crippen LogP contribution in [-0.4, -0.2) is 41.6 Å². The molecule has 0 radical (unpaired) electrons. The lowest BCUT2D eigenvalue weighted by Crippen LogP contribution is -2.28. The Labute approximate surface area is 141 Å². The fraction of sp³-hybridized carbons (Fsp3) is 0.444. The SMILES string of the molecule is O=C(COCC1CCCO1)NCc1cnn(Cc2ccccc2)c1. The molecule has 0 aliphatic carbocycles. The second-order valence-electron chi connectivity index (χ2n) is 5.96. The molecule has 0 saturated carbocycles. The molecule has 128 valence electrons. The van der Waals surface area contributed by atoms with E-state index in [1.807, 2.05) is 29.1 Å². The quantitative estimate of drug-likeness (QED) is 0.801. The third-order valence-corrected chi connectivity index (χ3v) is 3.92. The normalized spacial score (nSPS) is 17.1. The van der Waals surface area contributed by atoms with Crippen LogP contribution >= 0.6 is 0 Å². The molecule has 1 fully saturated rings. The Hall–Kier alpha value is -2.18. The highest BCUT2D eigenvalue weighted by molar-refractivity contribution is 5.77. The summed E-state index contributed by atoms with van der Waals surface area (Å²) >= 11 is 0. The number of carbonyl (C=O) groups is 1. The molecule has 1 aliphatic rings. The fourth-order valence-corrected chi connectivity index (χ4v) is 2.67. The second-order valence-corrected chi connectivity index (χ2v) is 5.96. The molecular weight excluding hydrogens is 306 g/mol. The van der Waals surface area contributed by atoms with Gasteiger partial charge in [-0.25, -0.2) is 0 Å². The first kappa shape index (κ1) is 16.7. The zero-order valence-electron chi connectivity index (χ0n) is 13.7. The Morgan fingerprint density at radius 3 is 3.00 bits per heavy atom. The van der Waals surface area contributed by atoms with E-state index in [4.69, 9.17) is 9.47 Å². The van der Waals surface area contributed by atoms with E-state index in [2.05, 4.69) is 22.5 Å². The largest absolute Gasteiger partial charge is 0.376 e. The van der Waals surface area contributed by atoms with Crippen LogP contribution in [0.5, 0.6) is 0 Å². The van der Waals surface area contributed by atoms with Gasteiger partial charge in [-0.3, -0.25) is 9.48 Å². The summed E-state index contributed by atoms with van der Waals surface area (Å²) in [6.45, 7) is 2.53. The molecule has 6 nitrogen and oxygen atoms in total. The highest BCUT2D eigenvalue weighted by atomic mass is 16.5. The van der Waals surface area contributed by atoms with Gasteiger partial charge >= 0.3 is 0 Å². The lowest BCUT2D eigenvalue weighted by Gasteiger charge is -2.09. The van der Waals surface area contributed by atoms with Crippen molar-refractivity contribution >= 4 is 5.91 Å². The van der Waals surface area contributed by atoms with Crippen LogP contribution in [0.2, 0.25) is 0 Å². The minimum atomic E-state index is -0.121. The molecule has 2 heterocycles. The number of ether oxygens (including phenoxy) is 2. The van der Waals surface area contributed by atoms with Gasteiger partial charge in [0.15, 0.2) is 0 Å². The molecule has 3 rings (SSSR count). The van der Waals surface area contributed by atoms with Gasteiger partial charge in [-0.2, -0.15) is 5.10 Å². The molecule has 0 bridgehead atoms. The minimum Gasteiger partial charge on any atom is -0.376 e. The number of nitrogens with zero attached hydrogens (tertiary/aromatic N) is 2. The predicted octanol–water partition coefficient (Wildman–Crippen LogP) is 1.74. The number of hydrogen-bond donors (Lipinski definition) is 1. The van der Waals surface area contributed by atoms with Crippen LogP contribution < -0.4 is 5.32 Å². The van der Waals surface area contributed by atoms with Crippen LogP contribution in [0, 0.1) is 0 Å². The number of hydrogen-bond acceptors (Lipinski definition) is 4. The van der Waals surface area contributed by atoms with Crippen molar-refractivity contribution in [3.05, 3.63) is 53.9 Å². The smallest absolute Gasteiger partial charge is 0.246 e. The van der Waals surface area contributed by atoms with E-state index in [0.717, 1.165) is 31.6 Å². The maximum atomic E-state index is 11.8. The average Bonchev–Trinajstić information content (AvgIpc) is 3.26. The molecule has 0 spiro atoms. The van der Waals surface area contributed by atoms with Crippen molar-refractivity contribution in [2.75, 3.05) is 19.8 Å². The van der Waals surface area contributed by atoms with Crippen LogP contribution in [0.3, 0.4) is 0 Å². The van der Waals surface area contributed by atoms with E-state index in [0.29, 0.717) is 13.2 Å². The van der Waals surface area contributed by atoms with Crippen LogP contribution in [0.1, 0.15) is 24.0 Å². The number of nitrogens with one attached hydrogen (secondary N) is 1. The van der Waals surface area contributed by atoms with E-state index in [-0.39, 0.29) is 18.6 Å². The first-order chi connectivity index (χ1) is 11.8. The molecule has 2 aromatic rings. The van der Waals surface area contributed by atoms with Crippen molar-refractivity contribution in [2.45, 2.75) is 32.0 Å². The molecule has 6 heteroatoms. The Morgan fingerprint density at radius 2 is 2.21 bits per heavy atom. The third kappa shape index (κ3) is 5.18. The Balaban J connectivity index is 1.36. The zero-order chi connectivity index (χ0) is 16.6. The van der Waals surface area contributed by atoms with Gasteiger partial charge in [0.05, 0.1) is 25.5 Å². The van der Waals surface area contributed by atoms with Crippen molar-refractivity contribution in [1.29, 1.82) is 0 Å². The van der Waals surface area contributed by atoms with Crippen molar-refractivity contribution in [2.24, 2.45) is 0 Å². The Bertz CT molecular complexity index is 636. The van der Waals surface area contributed by atoms with Crippen LogP contribution in [-0.2, 0) is 27.4 Å². The monoisotopic (exact) mass is 329 g/mol. The number of aromatic nitrogens is 2. The van der Waals surface area contributed by atoms with E-state index >= 15 is 0 Å². The van der Waals surface area contributed by atoms with E-state index in [1.165, 1.54) is 5.56 Å². The van der Waals surface area contributed by atoms with Gasteiger partial charge in [0, 0.05) is 24.9 Å². The minimum absolute atomic E-state index is 0.0675. The van der Waals surface area contributed by atoms with Crippen molar-refractivity contribution in [1.82, 2.24) is 15.1 Å². The first-order valence-electron chi connectivity index (χ1n) is 8.31. The van der Waals surface area contributed by atoms with Crippen LogP contribution in [0.25, 0.3) is 0 Å². The van der Waals surface area contributed by atoms with Gasteiger partial charge in [-0.1, -0.05) is 30.3 Å². The van der Waals surface area contributed by atoms with Gasteiger partial charge in [0.25, 0.3) is 0 Å². The number of rotatable bonds is 8. The molecule has 1 aromatic heterocycles. The summed E-state index contributed by atoms with van der Waals surface area (Å²) in [6, 6.07) is 10.1. The topological polar surface area (TPSA) is 65.4 Å². The summed E-state index contributed by atoms with van der Waals surface area (Å²) in [7, 11) is 0. The van der Waals surface area contributed by atoms with Crippen molar-refractivity contribution in [3.8, 4) is 0 Å². The number of benzene rings is 1. The van der Waals surface area contributed by atoms with Gasteiger partial charge in [-0.05, 0) is 18.4 Å². The van der Waals surface area contributed by atoms with Crippen LogP contribution in [0.15, 0.2) is 42.7 Å². The molecule has 24 heavy (non-hydrogen) atoms. The average molecular weight is 329 g/mol. The number of amides is 1. The maximum absolute atomic E-state index is 11.8. The van der Waals surface area contributed by atoms with Crippen molar-refractivity contribution < 1.29 is 14.3 Å². The lowest BCUT2D eigenvalue weighted by molar-refractivity contribution is -0.127. The fourth-order valence-electron chi connectivity index (χ4n) is 2.67. The predicted molar refractivity (Wildman–Crippen MR) is 89.4 cm³/mol. The summed E-state index contributed by atoms with van der Waals surface area (Å²) in [5, 5.41) is 7.16. The summed E-state index contributed by atoms with van der Waals surface area (Å²) < 4.78 is 12.7. The number of carbonyl (C=O) groups excluding carboxylic acids is 1. The first-order valence-corrected chi connectivity index (χ1v) is 8.31. The summed E-state index contributed by atoms with van der Waals surface area (Å²) in [4.78, 5) is 11.8. The standard InChI is InChI=1S/C18H23N3O3/c22-18(14-23-13-17-7-4-8-24-17)19-9-16-10-20-21(12-16)11-15-5-2-1-3-6-15/h1-3,5-6,10,12,17H,4,7-9,11,13-14H2,(H,19,22). The highest BCUT2D eigenvalue weighted by Crippen LogP contribution is 2.11. The van der Waals surface area contributed by atoms with Gasteiger partial charge in [0.1, 0.15) is 6.61 Å². The molecule has 1 aliphatic heterocycles. The lowest BCUT2D eigenvalue weighted by atomic mass is 10.2. The molecule has 1 aromatic carbocycles. The molecule has 1 saturated heterocycles. The van der Waals surface area contributed by atoms with Crippen molar-refractivity contribution in [3.63, 3.8) is 0 Å². The maximum Gasteiger partial charge on any atom is 0.246 e. The van der Waals surface area contributed by atoms with E-state index < -0.39 is 0 Å². The third-order valence-electron chi connectivity index (χ3n) is 3.92. The summed E-state index contributed by atoms with van der Waals surface area (Å²) in [5.41, 5.74) is 2.16. The molecule has 1 atom stereocenters. The second kappa shape index (κ2) is 8.61. The van der Waals surface area contributed by atoms with Gasteiger partial charge < -0.3 is 14.8 Å². The zero-order valence-corrected chi connectivity index (χ0v) is 13.7. The summed E-state index contributed by atoms with van der Waals surface area (Å²) in [5.74, 6) is -0.121. The van der Waals surface area contributed by atoms with E-state index in [1.54, 1.807) is 6.20 Å². The molecule has 1 amide bonds. The molecular formula is C18H23N3O3. The van der Waals surface area contributed by atoms with Crippen LogP contribution in [0.4, 0.5) is 0 Å². The Morgan fingerprint density at radius 1 is 1.33 bits per heavy atom. The molecule has 1 unspecified atom stereocenters. The van der Waals surface area contributed by atoms with E-state index in [9.17, 15) is 4.79 Å². The Kier molecular flexibility index (Phi) is 5.98. The van der Waals surface area contributed by atoms with Gasteiger partial charge in [-0.15, -0.1) is 0 Å². The summed E-state index contributed by atoms with van der Waals surface area (Å²) in [6.07, 6.45) is 5.96. The molecule has 1 N–H and O–H groups in total. The highest BCUT2D eigenvalue weighted by Gasteiger charge is 2.15.